The highest BCUT2D eigenvalue weighted by atomic mass is 32.1. The molecule has 168 valence electrons. The Morgan fingerprint density at radius 2 is 1.87 bits per heavy atom. The lowest BCUT2D eigenvalue weighted by Gasteiger charge is -2.38. The van der Waals surface area contributed by atoms with E-state index in [1.165, 1.54) is 16.0 Å². The molecule has 2 heterocycles. The van der Waals surface area contributed by atoms with E-state index in [0.717, 1.165) is 12.2 Å². The second-order valence-corrected chi connectivity index (χ2v) is 9.99. The largest absolute Gasteiger partial charge is 0.491 e. The van der Waals surface area contributed by atoms with Crippen molar-refractivity contribution in [2.75, 3.05) is 19.7 Å². The van der Waals surface area contributed by atoms with Gasteiger partial charge in [0.2, 0.25) is 11.8 Å². The van der Waals surface area contributed by atoms with Crippen molar-refractivity contribution in [2.24, 2.45) is 5.92 Å². The Kier molecular flexibility index (Phi) is 7.76. The Bertz CT molecular complexity index is 888. The summed E-state index contributed by atoms with van der Waals surface area (Å²) >= 11 is 1.74. The smallest absolute Gasteiger partial charge is 0.242 e. The first kappa shape index (κ1) is 23.3. The Hall–Kier alpha value is -2.34. The molecule has 5 nitrogen and oxygen atoms in total. The molecule has 0 saturated heterocycles. The molecule has 31 heavy (non-hydrogen) atoms. The Labute approximate surface area is 190 Å². The van der Waals surface area contributed by atoms with Gasteiger partial charge in [0.15, 0.2) is 0 Å². The van der Waals surface area contributed by atoms with Gasteiger partial charge in [-0.05, 0) is 62.3 Å². The summed E-state index contributed by atoms with van der Waals surface area (Å²) < 4.78 is 6.09. The minimum Gasteiger partial charge on any atom is -0.491 e. The minimum absolute atomic E-state index is 0.0137. The van der Waals surface area contributed by atoms with E-state index in [1.807, 2.05) is 63.8 Å². The molecule has 0 unspecified atom stereocenters. The van der Waals surface area contributed by atoms with Crippen LogP contribution < -0.4 is 4.74 Å². The highest BCUT2D eigenvalue weighted by molar-refractivity contribution is 7.10. The number of benzene rings is 1. The van der Waals surface area contributed by atoms with E-state index >= 15 is 0 Å². The van der Waals surface area contributed by atoms with Gasteiger partial charge in [0.25, 0.3) is 0 Å². The van der Waals surface area contributed by atoms with Crippen LogP contribution in [-0.4, -0.2) is 47.4 Å². The molecule has 2 amide bonds. The van der Waals surface area contributed by atoms with Gasteiger partial charge in [-0.1, -0.05) is 31.5 Å². The third-order valence-electron chi connectivity index (χ3n) is 5.68. The summed E-state index contributed by atoms with van der Waals surface area (Å²) in [5.41, 5.74) is 2.35. The summed E-state index contributed by atoms with van der Waals surface area (Å²) in [5.74, 6) is 1.10. The van der Waals surface area contributed by atoms with Crippen LogP contribution in [0.25, 0.3) is 0 Å². The van der Waals surface area contributed by atoms with Crippen molar-refractivity contribution in [2.45, 2.75) is 59.5 Å². The van der Waals surface area contributed by atoms with Gasteiger partial charge in [-0.2, -0.15) is 0 Å². The van der Waals surface area contributed by atoms with Crippen molar-refractivity contribution in [3.05, 3.63) is 51.7 Å². The van der Waals surface area contributed by atoms with Gasteiger partial charge in [-0.3, -0.25) is 9.59 Å². The maximum atomic E-state index is 13.4. The minimum atomic E-state index is -0.141. The highest BCUT2D eigenvalue weighted by Gasteiger charge is 2.34. The van der Waals surface area contributed by atoms with Crippen molar-refractivity contribution < 1.29 is 14.3 Å². The average molecular weight is 443 g/mol. The maximum Gasteiger partial charge on any atom is 0.242 e. The molecule has 0 radical (unpaired) electrons. The van der Waals surface area contributed by atoms with E-state index in [0.29, 0.717) is 19.6 Å². The van der Waals surface area contributed by atoms with E-state index in [-0.39, 0.29) is 36.4 Å². The molecule has 6 heteroatoms. The van der Waals surface area contributed by atoms with Crippen molar-refractivity contribution in [1.29, 1.82) is 0 Å². The maximum absolute atomic E-state index is 13.4. The fourth-order valence-corrected chi connectivity index (χ4v) is 4.87. The monoisotopic (exact) mass is 442 g/mol. The quantitative estimate of drug-likeness (QED) is 0.588. The molecule has 1 atom stereocenters. The lowest BCUT2D eigenvalue weighted by Crippen LogP contribution is -2.49. The zero-order valence-electron chi connectivity index (χ0n) is 19.3. The second kappa shape index (κ2) is 10.3. The first-order chi connectivity index (χ1) is 14.8. The van der Waals surface area contributed by atoms with E-state index < -0.39 is 0 Å². The van der Waals surface area contributed by atoms with Crippen LogP contribution in [-0.2, 0) is 16.0 Å². The van der Waals surface area contributed by atoms with Crippen LogP contribution >= 0.6 is 11.3 Å². The first-order valence-electron chi connectivity index (χ1n) is 11.1. The number of aryl methyl sites for hydroxylation is 1. The van der Waals surface area contributed by atoms with Gasteiger partial charge >= 0.3 is 0 Å². The number of hydrogen-bond acceptors (Lipinski definition) is 4. The molecule has 0 bridgehead atoms. The summed E-state index contributed by atoms with van der Waals surface area (Å²) in [6, 6.07) is 9.92. The van der Waals surface area contributed by atoms with Gasteiger partial charge in [0.1, 0.15) is 12.4 Å². The molecule has 1 aromatic heterocycles. The van der Waals surface area contributed by atoms with Crippen LogP contribution in [0.2, 0.25) is 0 Å². The van der Waals surface area contributed by atoms with Gasteiger partial charge in [0, 0.05) is 23.9 Å². The van der Waals surface area contributed by atoms with Crippen molar-refractivity contribution in [3.8, 4) is 5.75 Å². The standard InChI is InChI=1S/C25H34N2O3S/c1-17(2)14-24(28)27(18(3)4)15-25(29)26-12-10-23-21(11-13-31-23)22(26)16-30-20-8-6-19(5)7-9-20/h6-9,11,13,17-18,22H,10,12,14-16H2,1-5H3/t22-/m0/s1. The molecular formula is C25H34N2O3S. The Morgan fingerprint density at radius 1 is 1.16 bits per heavy atom. The molecule has 0 N–H and O–H groups in total. The summed E-state index contributed by atoms with van der Waals surface area (Å²) in [5, 5.41) is 2.09. The van der Waals surface area contributed by atoms with Gasteiger partial charge in [-0.25, -0.2) is 0 Å². The zero-order chi connectivity index (χ0) is 22.5. The van der Waals surface area contributed by atoms with Crippen molar-refractivity contribution in [3.63, 3.8) is 0 Å². The number of ether oxygens (including phenoxy) is 1. The van der Waals surface area contributed by atoms with Crippen LogP contribution in [0, 0.1) is 12.8 Å². The number of fused-ring (bicyclic) bond motifs is 1. The Balaban J connectivity index is 1.76. The number of hydrogen-bond donors (Lipinski definition) is 0. The van der Waals surface area contributed by atoms with E-state index in [4.69, 9.17) is 4.74 Å². The molecule has 0 spiro atoms. The predicted octanol–water partition coefficient (Wildman–Crippen LogP) is 4.84. The number of carbonyl (C=O) groups is 2. The number of thiophene rings is 1. The lowest BCUT2D eigenvalue weighted by atomic mass is 10.00. The number of nitrogens with zero attached hydrogens (tertiary/aromatic N) is 2. The van der Waals surface area contributed by atoms with Gasteiger partial charge < -0.3 is 14.5 Å². The van der Waals surface area contributed by atoms with Crippen LogP contribution in [0.1, 0.15) is 56.2 Å². The third-order valence-corrected chi connectivity index (χ3v) is 6.67. The van der Waals surface area contributed by atoms with E-state index in [9.17, 15) is 9.59 Å². The molecular weight excluding hydrogens is 408 g/mol. The van der Waals surface area contributed by atoms with E-state index in [1.54, 1.807) is 16.2 Å². The van der Waals surface area contributed by atoms with Crippen molar-refractivity contribution in [1.82, 2.24) is 9.80 Å². The summed E-state index contributed by atoms with van der Waals surface area (Å²) in [6.07, 6.45) is 1.31. The SMILES string of the molecule is Cc1ccc(OC[C@H]2c3ccsc3CCN2C(=O)CN(C(=O)CC(C)C)C(C)C)cc1. The summed E-state index contributed by atoms with van der Waals surface area (Å²) in [7, 11) is 0. The van der Waals surface area contributed by atoms with Gasteiger partial charge in [-0.15, -0.1) is 11.3 Å². The Morgan fingerprint density at radius 3 is 2.52 bits per heavy atom. The molecule has 2 aromatic rings. The molecule has 0 aliphatic carbocycles. The van der Waals surface area contributed by atoms with Crippen molar-refractivity contribution >= 4 is 23.2 Å². The number of rotatable bonds is 8. The molecule has 0 fully saturated rings. The van der Waals surface area contributed by atoms with Crippen LogP contribution in [0.3, 0.4) is 0 Å². The van der Waals surface area contributed by atoms with E-state index in [2.05, 4.69) is 11.4 Å². The number of amides is 2. The molecule has 3 rings (SSSR count). The highest BCUT2D eigenvalue weighted by Crippen LogP contribution is 2.34. The normalized spacial score (nSPS) is 15.8. The average Bonchev–Trinajstić information content (AvgIpc) is 3.19. The lowest BCUT2D eigenvalue weighted by molar-refractivity contribution is -0.144. The molecule has 1 aliphatic heterocycles. The van der Waals surface area contributed by atoms with Gasteiger partial charge in [0.05, 0.1) is 12.6 Å². The topological polar surface area (TPSA) is 49.9 Å². The molecule has 0 saturated carbocycles. The third kappa shape index (κ3) is 5.88. The van der Waals surface area contributed by atoms with Crippen LogP contribution in [0.4, 0.5) is 0 Å². The number of carbonyl (C=O) groups excluding carboxylic acids is 2. The first-order valence-corrected chi connectivity index (χ1v) is 12.0. The molecule has 1 aromatic carbocycles. The summed E-state index contributed by atoms with van der Waals surface area (Å²) in [6.45, 7) is 11.2. The van der Waals surface area contributed by atoms with Crippen LogP contribution in [0.5, 0.6) is 5.75 Å². The van der Waals surface area contributed by atoms with Crippen LogP contribution in [0.15, 0.2) is 35.7 Å². The summed E-state index contributed by atoms with van der Waals surface area (Å²) in [4.78, 5) is 31.0. The predicted molar refractivity (Wildman–Crippen MR) is 125 cm³/mol. The fraction of sp³-hybridized carbons (Fsp3) is 0.520. The second-order valence-electron chi connectivity index (χ2n) is 8.99. The zero-order valence-corrected chi connectivity index (χ0v) is 20.1. The molecule has 1 aliphatic rings. The fourth-order valence-electron chi connectivity index (χ4n) is 3.95.